The van der Waals surface area contributed by atoms with E-state index in [1.54, 1.807) is 0 Å². The zero-order valence-electron chi connectivity index (χ0n) is 18.0. The van der Waals surface area contributed by atoms with E-state index in [-0.39, 0.29) is 0 Å². The maximum atomic E-state index is 4.48. The number of nitrogens with one attached hydrogen (secondary N) is 2. The van der Waals surface area contributed by atoms with E-state index in [9.17, 15) is 0 Å². The monoisotopic (exact) mass is 366 g/mol. The molecule has 2 heterocycles. The number of piperazine rings is 1. The van der Waals surface area contributed by atoms with Gasteiger partial charge >= 0.3 is 0 Å². The third-order valence-electron chi connectivity index (χ3n) is 6.08. The zero-order chi connectivity index (χ0) is 19.1. The minimum atomic E-state index is 0.539. The van der Waals surface area contributed by atoms with Gasteiger partial charge in [0.25, 0.3) is 0 Å². The molecular formula is C20H42N6. The van der Waals surface area contributed by atoms with Crippen molar-refractivity contribution in [2.24, 2.45) is 10.9 Å². The molecule has 0 saturated carbocycles. The van der Waals surface area contributed by atoms with Crippen LogP contribution >= 0.6 is 0 Å². The van der Waals surface area contributed by atoms with Gasteiger partial charge in [-0.3, -0.25) is 9.89 Å². The lowest BCUT2D eigenvalue weighted by Crippen LogP contribution is -2.56. The number of hydrogen-bond donors (Lipinski definition) is 2. The molecule has 6 heteroatoms. The molecule has 6 nitrogen and oxygen atoms in total. The molecule has 2 saturated heterocycles. The Morgan fingerprint density at radius 2 is 1.58 bits per heavy atom. The predicted molar refractivity (Wildman–Crippen MR) is 112 cm³/mol. The summed E-state index contributed by atoms with van der Waals surface area (Å²) in [6, 6.07) is 1.76. The van der Waals surface area contributed by atoms with Crippen LogP contribution in [0.15, 0.2) is 4.99 Å². The topological polar surface area (TPSA) is 46.1 Å². The Hall–Kier alpha value is -0.850. The number of aliphatic imine (C=N–C) groups is 1. The molecule has 0 aliphatic carbocycles. The van der Waals surface area contributed by atoms with Crippen LogP contribution in [0.2, 0.25) is 0 Å². The Balaban J connectivity index is 1.79. The van der Waals surface area contributed by atoms with Crippen LogP contribution < -0.4 is 10.6 Å². The lowest BCUT2D eigenvalue weighted by atomic mass is 10.0. The van der Waals surface area contributed by atoms with E-state index in [1.807, 2.05) is 7.05 Å². The fraction of sp³-hybridized carbons (Fsp3) is 0.950. The summed E-state index contributed by atoms with van der Waals surface area (Å²) in [5, 5.41) is 7.27. The minimum Gasteiger partial charge on any atom is -0.355 e. The van der Waals surface area contributed by atoms with Crippen molar-refractivity contribution in [3.8, 4) is 0 Å². The summed E-state index contributed by atoms with van der Waals surface area (Å²) >= 11 is 0. The van der Waals surface area contributed by atoms with Gasteiger partial charge in [-0.1, -0.05) is 13.8 Å². The van der Waals surface area contributed by atoms with Gasteiger partial charge in [-0.15, -0.1) is 0 Å². The van der Waals surface area contributed by atoms with E-state index in [2.05, 4.69) is 65.1 Å². The maximum Gasteiger partial charge on any atom is 0.191 e. The molecule has 0 aromatic rings. The molecule has 0 bridgehead atoms. The highest BCUT2D eigenvalue weighted by atomic mass is 15.3. The minimum absolute atomic E-state index is 0.539. The number of rotatable bonds is 6. The van der Waals surface area contributed by atoms with Crippen molar-refractivity contribution in [3.63, 3.8) is 0 Å². The number of nitrogens with zero attached hydrogens (tertiary/aromatic N) is 4. The Kier molecular flexibility index (Phi) is 8.64. The van der Waals surface area contributed by atoms with E-state index in [1.165, 1.54) is 52.1 Å². The SMILES string of the molecule is CN=C(NCC(C(C)C)N1CCN(C)CC1)NC1CCN(C(C)C)CC1. The molecule has 1 atom stereocenters. The van der Waals surface area contributed by atoms with Crippen LogP contribution in [0.5, 0.6) is 0 Å². The van der Waals surface area contributed by atoms with Crippen LogP contribution in [-0.2, 0) is 0 Å². The molecule has 2 aliphatic rings. The molecule has 152 valence electrons. The Morgan fingerprint density at radius 1 is 0.962 bits per heavy atom. The summed E-state index contributed by atoms with van der Waals surface area (Å²) in [5.74, 6) is 1.60. The third kappa shape index (κ3) is 6.39. The highest BCUT2D eigenvalue weighted by Crippen LogP contribution is 2.14. The van der Waals surface area contributed by atoms with Crippen LogP contribution in [0.4, 0.5) is 0 Å². The Bertz CT molecular complexity index is 420. The van der Waals surface area contributed by atoms with Crippen molar-refractivity contribution in [3.05, 3.63) is 0 Å². The number of piperidine rings is 1. The van der Waals surface area contributed by atoms with Crippen molar-refractivity contribution >= 4 is 5.96 Å². The summed E-state index contributed by atoms with van der Waals surface area (Å²) in [7, 11) is 4.11. The Morgan fingerprint density at radius 3 is 2.08 bits per heavy atom. The number of likely N-dealkylation sites (N-methyl/N-ethyl adjacent to an activating group) is 1. The van der Waals surface area contributed by atoms with Crippen molar-refractivity contribution in [2.45, 2.75) is 58.7 Å². The molecule has 0 radical (unpaired) electrons. The van der Waals surface area contributed by atoms with Crippen LogP contribution in [-0.4, -0.2) is 98.7 Å². The molecule has 2 fully saturated rings. The zero-order valence-corrected chi connectivity index (χ0v) is 18.0. The molecule has 2 rings (SSSR count). The van der Waals surface area contributed by atoms with Gasteiger partial charge in [0.2, 0.25) is 0 Å². The van der Waals surface area contributed by atoms with Gasteiger partial charge in [-0.05, 0) is 39.7 Å². The lowest BCUT2D eigenvalue weighted by Gasteiger charge is -2.40. The standard InChI is InChI=1S/C20H42N6/c1-16(2)19(26-13-11-24(6)12-14-26)15-22-20(21-5)23-18-7-9-25(10-8-18)17(3)4/h16-19H,7-15H2,1-6H3,(H2,21,22,23). The highest BCUT2D eigenvalue weighted by molar-refractivity contribution is 5.80. The molecule has 2 aliphatic heterocycles. The first-order valence-electron chi connectivity index (χ1n) is 10.5. The quantitative estimate of drug-likeness (QED) is 0.548. The van der Waals surface area contributed by atoms with Gasteiger partial charge in [-0.2, -0.15) is 0 Å². The van der Waals surface area contributed by atoms with Crippen LogP contribution in [0.1, 0.15) is 40.5 Å². The lowest BCUT2D eigenvalue weighted by molar-refractivity contribution is 0.0899. The van der Waals surface area contributed by atoms with Gasteiger partial charge in [0.1, 0.15) is 0 Å². The van der Waals surface area contributed by atoms with Gasteiger partial charge in [0, 0.05) is 71.0 Å². The molecule has 0 spiro atoms. The van der Waals surface area contributed by atoms with Gasteiger partial charge in [0.15, 0.2) is 5.96 Å². The van der Waals surface area contributed by atoms with E-state index in [0.29, 0.717) is 24.0 Å². The molecule has 26 heavy (non-hydrogen) atoms. The maximum absolute atomic E-state index is 4.48. The van der Waals surface area contributed by atoms with E-state index in [0.717, 1.165) is 12.5 Å². The fourth-order valence-electron chi connectivity index (χ4n) is 4.09. The fourth-order valence-corrected chi connectivity index (χ4v) is 4.09. The van der Waals surface area contributed by atoms with Crippen molar-refractivity contribution in [1.82, 2.24) is 25.3 Å². The summed E-state index contributed by atoms with van der Waals surface area (Å²) < 4.78 is 0. The largest absolute Gasteiger partial charge is 0.355 e. The first-order chi connectivity index (χ1) is 12.4. The second-order valence-corrected chi connectivity index (χ2v) is 8.65. The molecule has 2 N–H and O–H groups in total. The summed E-state index contributed by atoms with van der Waals surface area (Å²) in [6.45, 7) is 17.3. The van der Waals surface area contributed by atoms with Crippen molar-refractivity contribution < 1.29 is 0 Å². The summed E-state index contributed by atoms with van der Waals surface area (Å²) in [4.78, 5) is 12.1. The van der Waals surface area contributed by atoms with Gasteiger partial charge in [0.05, 0.1) is 0 Å². The molecule has 0 amide bonds. The second kappa shape index (κ2) is 10.5. The van der Waals surface area contributed by atoms with E-state index in [4.69, 9.17) is 0 Å². The molecule has 1 unspecified atom stereocenters. The second-order valence-electron chi connectivity index (χ2n) is 8.65. The molecular weight excluding hydrogens is 324 g/mol. The average Bonchev–Trinajstić information content (AvgIpc) is 2.62. The Labute approximate surface area is 161 Å². The van der Waals surface area contributed by atoms with Crippen molar-refractivity contribution in [2.75, 3.05) is 59.9 Å². The third-order valence-corrected chi connectivity index (χ3v) is 6.08. The van der Waals surface area contributed by atoms with Gasteiger partial charge < -0.3 is 20.4 Å². The average molecular weight is 367 g/mol. The van der Waals surface area contributed by atoms with E-state index < -0.39 is 0 Å². The van der Waals surface area contributed by atoms with Gasteiger partial charge in [-0.25, -0.2) is 0 Å². The van der Waals surface area contributed by atoms with Crippen LogP contribution in [0.25, 0.3) is 0 Å². The summed E-state index contributed by atoms with van der Waals surface area (Å²) in [6.07, 6.45) is 2.40. The highest BCUT2D eigenvalue weighted by Gasteiger charge is 2.26. The number of likely N-dealkylation sites (tertiary alicyclic amines) is 1. The summed E-state index contributed by atoms with van der Waals surface area (Å²) in [5.41, 5.74) is 0. The first-order valence-corrected chi connectivity index (χ1v) is 10.5. The van der Waals surface area contributed by atoms with Crippen molar-refractivity contribution in [1.29, 1.82) is 0 Å². The molecule has 0 aromatic carbocycles. The normalized spacial score (nSPS) is 23.6. The smallest absolute Gasteiger partial charge is 0.191 e. The van der Waals surface area contributed by atoms with Crippen LogP contribution in [0.3, 0.4) is 0 Å². The number of guanidine groups is 1. The number of hydrogen-bond acceptors (Lipinski definition) is 4. The first kappa shape index (κ1) is 21.5. The van der Waals surface area contributed by atoms with E-state index >= 15 is 0 Å². The predicted octanol–water partition coefficient (Wildman–Crippen LogP) is 1.30. The molecule has 0 aromatic heterocycles. The van der Waals surface area contributed by atoms with Crippen LogP contribution in [0, 0.1) is 5.92 Å².